The Morgan fingerprint density at radius 2 is 2.00 bits per heavy atom. The van der Waals surface area contributed by atoms with Crippen molar-refractivity contribution >= 4 is 11.9 Å². The Balaban J connectivity index is 1.97. The molecule has 21 heavy (non-hydrogen) atoms. The summed E-state index contributed by atoms with van der Waals surface area (Å²) in [7, 11) is 0. The Kier molecular flexibility index (Phi) is 4.52. The first kappa shape index (κ1) is 15.4. The fraction of sp³-hybridized carbons (Fsp3) is 0.429. The molecule has 1 amide bonds. The lowest BCUT2D eigenvalue weighted by Gasteiger charge is -2.21. The highest BCUT2D eigenvalue weighted by atomic mass is 19.2. The van der Waals surface area contributed by atoms with E-state index >= 15 is 0 Å². The molecule has 2 rings (SSSR count). The highest BCUT2D eigenvalue weighted by molar-refractivity contribution is 5.84. The van der Waals surface area contributed by atoms with Gasteiger partial charge in [0.1, 0.15) is 6.04 Å². The van der Waals surface area contributed by atoms with Crippen molar-refractivity contribution in [1.29, 1.82) is 0 Å². The summed E-state index contributed by atoms with van der Waals surface area (Å²) in [6.07, 6.45) is -0.693. The predicted molar refractivity (Wildman–Crippen MR) is 68.4 cm³/mol. The fourth-order valence-electron chi connectivity index (χ4n) is 2.41. The molecular formula is C14H15F2NO4. The Bertz CT molecular complexity index is 564. The Hall–Kier alpha value is -2.02. The summed E-state index contributed by atoms with van der Waals surface area (Å²) in [6.45, 7) is -0.0203. The number of carboxylic acids is 1. The van der Waals surface area contributed by atoms with Crippen molar-refractivity contribution in [3.05, 3.63) is 35.4 Å². The van der Waals surface area contributed by atoms with E-state index in [1.807, 2.05) is 0 Å². The largest absolute Gasteiger partial charge is 0.480 e. The smallest absolute Gasteiger partial charge is 0.326 e. The van der Waals surface area contributed by atoms with Gasteiger partial charge in [-0.15, -0.1) is 0 Å². The van der Waals surface area contributed by atoms with Gasteiger partial charge in [-0.3, -0.25) is 4.79 Å². The molecule has 0 radical (unpaired) electrons. The molecule has 2 N–H and O–H groups in total. The molecule has 1 aliphatic heterocycles. The first-order valence-corrected chi connectivity index (χ1v) is 6.52. The lowest BCUT2D eigenvalue weighted by Crippen LogP contribution is -2.40. The monoisotopic (exact) mass is 299 g/mol. The molecule has 1 aliphatic rings. The molecule has 1 heterocycles. The van der Waals surface area contributed by atoms with Crippen LogP contribution in [0, 0.1) is 11.6 Å². The van der Waals surface area contributed by atoms with Crippen molar-refractivity contribution in [2.45, 2.75) is 31.4 Å². The molecule has 0 saturated carbocycles. The van der Waals surface area contributed by atoms with E-state index in [9.17, 15) is 23.5 Å². The number of carbonyl (C=O) groups excluding carboxylic acids is 1. The number of likely N-dealkylation sites (tertiary alicyclic amines) is 1. The topological polar surface area (TPSA) is 77.8 Å². The highest BCUT2D eigenvalue weighted by Gasteiger charge is 2.38. The van der Waals surface area contributed by atoms with Gasteiger partial charge in [-0.1, -0.05) is 6.07 Å². The van der Waals surface area contributed by atoms with Crippen LogP contribution in [0.4, 0.5) is 8.78 Å². The molecule has 0 bridgehead atoms. The van der Waals surface area contributed by atoms with Crippen molar-refractivity contribution in [3.63, 3.8) is 0 Å². The van der Waals surface area contributed by atoms with Crippen LogP contribution in [0.1, 0.15) is 18.4 Å². The van der Waals surface area contributed by atoms with Crippen molar-refractivity contribution in [1.82, 2.24) is 4.90 Å². The normalized spacial score (nSPS) is 21.6. The minimum absolute atomic E-state index is 0.00620. The van der Waals surface area contributed by atoms with Gasteiger partial charge in [0, 0.05) is 19.4 Å². The maximum absolute atomic E-state index is 13.0. The van der Waals surface area contributed by atoms with Gasteiger partial charge in [0.2, 0.25) is 5.91 Å². The third-order valence-electron chi connectivity index (χ3n) is 3.50. The summed E-state index contributed by atoms with van der Waals surface area (Å²) in [5, 5.41) is 18.5. The minimum atomic E-state index is -1.16. The molecule has 0 aliphatic carbocycles. The summed E-state index contributed by atoms with van der Waals surface area (Å²) >= 11 is 0. The van der Waals surface area contributed by atoms with Crippen molar-refractivity contribution in [2.75, 3.05) is 6.54 Å². The number of benzene rings is 1. The van der Waals surface area contributed by atoms with Crippen LogP contribution < -0.4 is 0 Å². The summed E-state index contributed by atoms with van der Waals surface area (Å²) in [5.41, 5.74) is 0.453. The Morgan fingerprint density at radius 1 is 1.29 bits per heavy atom. The van der Waals surface area contributed by atoms with Crippen LogP contribution in [-0.4, -0.2) is 45.7 Å². The number of aliphatic hydroxyl groups excluding tert-OH is 1. The maximum atomic E-state index is 13.0. The van der Waals surface area contributed by atoms with Gasteiger partial charge in [0.05, 0.1) is 6.10 Å². The number of aryl methyl sites for hydroxylation is 1. The Morgan fingerprint density at radius 3 is 2.62 bits per heavy atom. The van der Waals surface area contributed by atoms with Gasteiger partial charge >= 0.3 is 5.97 Å². The number of carbonyl (C=O) groups is 2. The van der Waals surface area contributed by atoms with E-state index in [2.05, 4.69) is 0 Å². The van der Waals surface area contributed by atoms with Crippen LogP contribution in [0.25, 0.3) is 0 Å². The molecule has 114 valence electrons. The second kappa shape index (κ2) is 6.17. The van der Waals surface area contributed by atoms with Gasteiger partial charge in [-0.25, -0.2) is 13.6 Å². The van der Waals surface area contributed by atoms with Gasteiger partial charge in [0.15, 0.2) is 11.6 Å². The zero-order chi connectivity index (χ0) is 15.6. The molecule has 2 atom stereocenters. The molecular weight excluding hydrogens is 284 g/mol. The number of rotatable bonds is 4. The summed E-state index contributed by atoms with van der Waals surface area (Å²) < 4.78 is 25.8. The van der Waals surface area contributed by atoms with E-state index in [-0.39, 0.29) is 25.8 Å². The van der Waals surface area contributed by atoms with E-state index in [0.29, 0.717) is 5.56 Å². The first-order valence-electron chi connectivity index (χ1n) is 6.52. The van der Waals surface area contributed by atoms with Crippen LogP contribution in [0.2, 0.25) is 0 Å². The molecule has 0 spiro atoms. The molecule has 1 aromatic carbocycles. The summed E-state index contributed by atoms with van der Waals surface area (Å²) in [4.78, 5) is 24.2. The van der Waals surface area contributed by atoms with Crippen LogP contribution >= 0.6 is 0 Å². The first-order chi connectivity index (χ1) is 9.88. The lowest BCUT2D eigenvalue weighted by molar-refractivity contribution is -0.148. The Labute approximate surface area is 119 Å². The molecule has 1 aromatic rings. The zero-order valence-electron chi connectivity index (χ0n) is 11.1. The van der Waals surface area contributed by atoms with Gasteiger partial charge in [0.25, 0.3) is 0 Å². The standard InChI is InChI=1S/C14H15F2NO4/c15-10-3-1-8(5-11(10)16)2-4-13(19)17-7-9(18)6-12(17)14(20)21/h1,3,5,9,12,18H,2,4,6-7H2,(H,20,21)/t9-,12-/m0/s1. The predicted octanol–water partition coefficient (Wildman–Crippen LogP) is 0.944. The minimum Gasteiger partial charge on any atom is -0.480 e. The van der Waals surface area contributed by atoms with Crippen molar-refractivity contribution in [3.8, 4) is 0 Å². The number of carboxylic acid groups (broad SMARTS) is 1. The molecule has 1 saturated heterocycles. The van der Waals surface area contributed by atoms with E-state index in [1.54, 1.807) is 0 Å². The number of hydrogen-bond acceptors (Lipinski definition) is 3. The third-order valence-corrected chi connectivity index (χ3v) is 3.50. The average Bonchev–Trinajstić information content (AvgIpc) is 2.82. The van der Waals surface area contributed by atoms with Crippen molar-refractivity contribution < 1.29 is 28.6 Å². The van der Waals surface area contributed by atoms with E-state index in [1.165, 1.54) is 6.07 Å². The number of aliphatic carboxylic acids is 1. The number of halogens is 2. The molecule has 1 fully saturated rings. The van der Waals surface area contributed by atoms with Gasteiger partial charge < -0.3 is 15.1 Å². The maximum Gasteiger partial charge on any atom is 0.326 e. The second-order valence-electron chi connectivity index (χ2n) is 5.04. The van der Waals surface area contributed by atoms with Crippen LogP contribution in [0.5, 0.6) is 0 Å². The number of aliphatic hydroxyl groups is 1. The van der Waals surface area contributed by atoms with Crippen LogP contribution in [-0.2, 0) is 16.0 Å². The lowest BCUT2D eigenvalue weighted by atomic mass is 10.1. The third kappa shape index (κ3) is 3.55. The number of nitrogens with zero attached hydrogens (tertiary/aromatic N) is 1. The van der Waals surface area contributed by atoms with Gasteiger partial charge in [-0.2, -0.15) is 0 Å². The SMILES string of the molecule is O=C(O)[C@@H]1C[C@H](O)CN1C(=O)CCc1ccc(F)c(F)c1. The van der Waals surface area contributed by atoms with E-state index in [4.69, 9.17) is 5.11 Å². The highest BCUT2D eigenvalue weighted by Crippen LogP contribution is 2.20. The average molecular weight is 299 g/mol. The molecule has 0 aromatic heterocycles. The molecule has 5 nitrogen and oxygen atoms in total. The summed E-state index contributed by atoms with van der Waals surface area (Å²) in [6, 6.07) is 2.34. The molecule has 7 heteroatoms. The number of hydrogen-bond donors (Lipinski definition) is 2. The van der Waals surface area contributed by atoms with E-state index < -0.39 is 35.7 Å². The quantitative estimate of drug-likeness (QED) is 0.867. The fourth-order valence-corrected chi connectivity index (χ4v) is 2.41. The summed E-state index contributed by atoms with van der Waals surface area (Å²) in [5.74, 6) is -3.53. The number of β-amino-alcohol motifs (C(OH)–C–C–N with tert-alkyl or cyclic N) is 1. The van der Waals surface area contributed by atoms with E-state index in [0.717, 1.165) is 17.0 Å². The van der Waals surface area contributed by atoms with Crippen LogP contribution in [0.15, 0.2) is 18.2 Å². The molecule has 0 unspecified atom stereocenters. The van der Waals surface area contributed by atoms with Gasteiger partial charge in [-0.05, 0) is 24.1 Å². The second-order valence-corrected chi connectivity index (χ2v) is 5.04. The number of amides is 1. The zero-order valence-corrected chi connectivity index (χ0v) is 11.1. The van der Waals surface area contributed by atoms with Crippen molar-refractivity contribution in [2.24, 2.45) is 0 Å². The van der Waals surface area contributed by atoms with Crippen LogP contribution in [0.3, 0.4) is 0 Å².